The molecule has 0 bridgehead atoms. The van der Waals surface area contributed by atoms with E-state index in [1.54, 1.807) is 19.2 Å². The lowest BCUT2D eigenvalue weighted by atomic mass is 9.84. The number of unbranched alkanes of at least 4 members (excludes halogenated alkanes) is 1. The van der Waals surface area contributed by atoms with Crippen LogP contribution in [-0.4, -0.2) is 56.5 Å². The van der Waals surface area contributed by atoms with Crippen LogP contribution < -0.4 is 16.4 Å². The first-order chi connectivity index (χ1) is 13.8. The third-order valence-corrected chi connectivity index (χ3v) is 5.71. The van der Waals surface area contributed by atoms with Crippen LogP contribution in [0.25, 0.3) is 0 Å². The van der Waals surface area contributed by atoms with Crippen LogP contribution in [0, 0.1) is 11.7 Å². The number of nitrogens with zero attached hydrogens (tertiary/aromatic N) is 2. The molecule has 0 aromatic heterocycles. The van der Waals surface area contributed by atoms with Crippen molar-refractivity contribution in [3.05, 3.63) is 35.6 Å². The Bertz CT molecular complexity index is 684. The van der Waals surface area contributed by atoms with E-state index in [1.165, 1.54) is 6.07 Å². The van der Waals surface area contributed by atoms with Crippen molar-refractivity contribution in [2.45, 2.75) is 44.9 Å². The van der Waals surface area contributed by atoms with Gasteiger partial charge in [0.1, 0.15) is 5.82 Å². The number of carbonyl (C=O) groups is 1. The van der Waals surface area contributed by atoms with Gasteiger partial charge in [-0.25, -0.2) is 4.39 Å². The molecule has 29 heavy (non-hydrogen) atoms. The Balaban J connectivity index is 1.63. The largest absolute Gasteiger partial charge is 0.369 e. The molecular formula is C22H36FN5O. The monoisotopic (exact) mass is 405 g/mol. The Morgan fingerprint density at radius 1 is 1.28 bits per heavy atom. The van der Waals surface area contributed by atoms with Crippen LogP contribution in [0.15, 0.2) is 29.3 Å². The number of aliphatic imine (C=N–C) groups is 1. The molecule has 0 unspecified atom stereocenters. The van der Waals surface area contributed by atoms with E-state index in [1.807, 2.05) is 6.07 Å². The van der Waals surface area contributed by atoms with Gasteiger partial charge >= 0.3 is 0 Å². The van der Waals surface area contributed by atoms with Crippen LogP contribution in [0.1, 0.15) is 45.1 Å². The number of carbonyl (C=O) groups excluding carboxylic acids is 1. The minimum Gasteiger partial charge on any atom is -0.369 e. The Labute approximate surface area is 174 Å². The Hall–Kier alpha value is -2.15. The number of likely N-dealkylation sites (tertiary alicyclic amines) is 1. The summed E-state index contributed by atoms with van der Waals surface area (Å²) < 4.78 is 13.5. The molecule has 162 valence electrons. The number of nitrogens with two attached hydrogens (primary N) is 1. The zero-order valence-electron chi connectivity index (χ0n) is 18.0. The highest BCUT2D eigenvalue weighted by atomic mass is 19.1. The van der Waals surface area contributed by atoms with E-state index >= 15 is 0 Å². The number of guanidine groups is 1. The first-order valence-corrected chi connectivity index (χ1v) is 10.5. The molecule has 4 N–H and O–H groups in total. The van der Waals surface area contributed by atoms with Crippen LogP contribution in [0.3, 0.4) is 0 Å². The number of rotatable bonds is 9. The molecule has 0 spiro atoms. The molecule has 1 aliphatic heterocycles. The Kier molecular flexibility index (Phi) is 8.89. The number of benzene rings is 1. The van der Waals surface area contributed by atoms with Crippen molar-refractivity contribution in [2.75, 3.05) is 39.8 Å². The number of nitrogens with one attached hydrogen (secondary N) is 2. The van der Waals surface area contributed by atoms with Gasteiger partial charge in [-0.1, -0.05) is 26.0 Å². The predicted octanol–water partition coefficient (Wildman–Crippen LogP) is 2.25. The van der Waals surface area contributed by atoms with Crippen LogP contribution in [0.5, 0.6) is 0 Å². The first-order valence-electron chi connectivity index (χ1n) is 10.5. The summed E-state index contributed by atoms with van der Waals surface area (Å²) in [6, 6.07) is 6.75. The van der Waals surface area contributed by atoms with Crippen LogP contribution in [-0.2, 0) is 10.2 Å². The molecule has 2 rings (SSSR count). The zero-order chi connectivity index (χ0) is 21.3. The fourth-order valence-electron chi connectivity index (χ4n) is 3.65. The summed E-state index contributed by atoms with van der Waals surface area (Å²) >= 11 is 0. The van der Waals surface area contributed by atoms with Crippen molar-refractivity contribution in [1.82, 2.24) is 15.5 Å². The highest BCUT2D eigenvalue weighted by Gasteiger charge is 2.23. The number of hydrogen-bond acceptors (Lipinski definition) is 3. The molecule has 1 heterocycles. The fraction of sp³-hybridized carbons (Fsp3) is 0.636. The maximum Gasteiger partial charge on any atom is 0.220 e. The normalized spacial score (nSPS) is 16.6. The molecule has 0 saturated carbocycles. The lowest BCUT2D eigenvalue weighted by molar-refractivity contribution is -0.123. The summed E-state index contributed by atoms with van der Waals surface area (Å²) in [4.78, 5) is 17.9. The zero-order valence-corrected chi connectivity index (χ0v) is 18.0. The molecule has 1 aromatic carbocycles. The van der Waals surface area contributed by atoms with Gasteiger partial charge < -0.3 is 21.3 Å². The molecule has 1 aromatic rings. The van der Waals surface area contributed by atoms with Crippen LogP contribution in [0.4, 0.5) is 4.39 Å². The van der Waals surface area contributed by atoms with Crippen LogP contribution >= 0.6 is 0 Å². The van der Waals surface area contributed by atoms with E-state index in [-0.39, 0.29) is 23.1 Å². The third-order valence-electron chi connectivity index (χ3n) is 5.71. The van der Waals surface area contributed by atoms with Gasteiger partial charge in [0.2, 0.25) is 5.91 Å². The molecule has 0 aliphatic carbocycles. The highest BCUT2D eigenvalue weighted by Crippen LogP contribution is 2.22. The number of amides is 1. The second-order valence-electron chi connectivity index (χ2n) is 8.47. The number of halogens is 1. The van der Waals surface area contributed by atoms with Gasteiger partial charge in [-0.3, -0.25) is 9.79 Å². The van der Waals surface area contributed by atoms with E-state index < -0.39 is 0 Å². The molecule has 1 fully saturated rings. The maximum absolute atomic E-state index is 13.5. The van der Waals surface area contributed by atoms with Gasteiger partial charge in [-0.05, 0) is 63.0 Å². The van der Waals surface area contributed by atoms with E-state index in [9.17, 15) is 9.18 Å². The number of piperidine rings is 1. The van der Waals surface area contributed by atoms with Gasteiger partial charge in [0.15, 0.2) is 5.96 Å². The van der Waals surface area contributed by atoms with Gasteiger partial charge in [-0.2, -0.15) is 0 Å². The molecule has 1 saturated heterocycles. The van der Waals surface area contributed by atoms with Gasteiger partial charge in [-0.15, -0.1) is 0 Å². The van der Waals surface area contributed by atoms with Crippen molar-refractivity contribution < 1.29 is 9.18 Å². The molecular weight excluding hydrogens is 369 g/mol. The van der Waals surface area contributed by atoms with Crippen LogP contribution in [0.2, 0.25) is 0 Å². The van der Waals surface area contributed by atoms with E-state index in [0.29, 0.717) is 6.54 Å². The van der Waals surface area contributed by atoms with E-state index in [2.05, 4.69) is 34.4 Å². The molecule has 0 atom stereocenters. The van der Waals surface area contributed by atoms with Crippen molar-refractivity contribution in [3.8, 4) is 0 Å². The SMILES string of the molecule is CN=C(NCCCCN1CCC(C(N)=O)CC1)NCC(C)(C)c1cccc(F)c1. The molecule has 7 heteroatoms. The molecule has 0 radical (unpaired) electrons. The highest BCUT2D eigenvalue weighted by molar-refractivity contribution is 5.79. The summed E-state index contributed by atoms with van der Waals surface area (Å²) in [6.45, 7) is 8.64. The lowest BCUT2D eigenvalue weighted by Gasteiger charge is -2.30. The summed E-state index contributed by atoms with van der Waals surface area (Å²) in [6.07, 6.45) is 3.90. The second-order valence-corrected chi connectivity index (χ2v) is 8.47. The minimum absolute atomic E-state index is 0.0546. The smallest absolute Gasteiger partial charge is 0.220 e. The quantitative estimate of drug-likeness (QED) is 0.334. The van der Waals surface area contributed by atoms with Crippen molar-refractivity contribution in [1.29, 1.82) is 0 Å². The van der Waals surface area contributed by atoms with Gasteiger partial charge in [0, 0.05) is 31.5 Å². The minimum atomic E-state index is -0.212. The van der Waals surface area contributed by atoms with Gasteiger partial charge in [0.25, 0.3) is 0 Å². The lowest BCUT2D eigenvalue weighted by Crippen LogP contribution is -2.44. The third kappa shape index (κ3) is 7.65. The van der Waals surface area contributed by atoms with E-state index in [4.69, 9.17) is 5.73 Å². The average molecular weight is 406 g/mol. The Morgan fingerprint density at radius 2 is 2.00 bits per heavy atom. The summed E-state index contributed by atoms with van der Waals surface area (Å²) in [7, 11) is 1.76. The van der Waals surface area contributed by atoms with Crippen molar-refractivity contribution in [2.24, 2.45) is 16.6 Å². The maximum atomic E-state index is 13.5. The van der Waals surface area contributed by atoms with Gasteiger partial charge in [0.05, 0.1) is 0 Å². The topological polar surface area (TPSA) is 82.8 Å². The molecule has 1 amide bonds. The standard InChI is InChI=1S/C22H36FN5O/c1-22(2,18-7-6-8-19(23)15-18)16-27-21(25-3)26-11-4-5-12-28-13-9-17(10-14-28)20(24)29/h6-8,15,17H,4-5,9-14,16H2,1-3H3,(H2,24,29)(H2,25,26,27). The fourth-order valence-corrected chi connectivity index (χ4v) is 3.65. The van der Waals surface area contributed by atoms with E-state index in [0.717, 1.165) is 63.4 Å². The Morgan fingerprint density at radius 3 is 2.62 bits per heavy atom. The summed E-state index contributed by atoms with van der Waals surface area (Å²) in [5.41, 5.74) is 6.13. The van der Waals surface area contributed by atoms with Crippen molar-refractivity contribution >= 4 is 11.9 Å². The molecule has 6 nitrogen and oxygen atoms in total. The summed E-state index contributed by atoms with van der Waals surface area (Å²) in [5.74, 6) is 0.445. The second kappa shape index (κ2) is 11.1. The summed E-state index contributed by atoms with van der Waals surface area (Å²) in [5, 5.41) is 6.70. The van der Waals surface area contributed by atoms with Crippen molar-refractivity contribution in [3.63, 3.8) is 0 Å². The average Bonchev–Trinajstić information content (AvgIpc) is 2.70. The number of primary amides is 1. The first kappa shape index (κ1) is 23.1. The predicted molar refractivity (Wildman–Crippen MR) is 116 cm³/mol. The molecule has 1 aliphatic rings. The number of hydrogen-bond donors (Lipinski definition) is 3.